The maximum atomic E-state index is 4.23. The zero-order valence-corrected chi connectivity index (χ0v) is 10.7. The molecule has 0 spiro atoms. The summed E-state index contributed by atoms with van der Waals surface area (Å²) in [7, 11) is 0. The Morgan fingerprint density at radius 2 is 2.00 bits per heavy atom. The summed E-state index contributed by atoms with van der Waals surface area (Å²) in [6, 6.07) is 3.86. The smallest absolute Gasteiger partial charge is 0.131 e. The monoisotopic (exact) mass is 257 g/mol. The highest BCUT2D eigenvalue weighted by molar-refractivity contribution is 5.51. The van der Waals surface area contributed by atoms with Crippen LogP contribution in [0.25, 0.3) is 11.4 Å². The SMILES string of the molecule is CCn1nccc1-c1cn(CCn2cccn2)nn1. The summed E-state index contributed by atoms with van der Waals surface area (Å²) >= 11 is 0. The summed E-state index contributed by atoms with van der Waals surface area (Å²) in [5.74, 6) is 0. The van der Waals surface area contributed by atoms with E-state index in [0.717, 1.165) is 31.0 Å². The van der Waals surface area contributed by atoms with Crippen molar-refractivity contribution in [3.8, 4) is 11.4 Å². The minimum atomic E-state index is 0.745. The van der Waals surface area contributed by atoms with E-state index in [1.165, 1.54) is 0 Å². The lowest BCUT2D eigenvalue weighted by atomic mass is 10.3. The van der Waals surface area contributed by atoms with Crippen molar-refractivity contribution in [1.82, 2.24) is 34.6 Å². The third-order valence-corrected chi connectivity index (χ3v) is 2.93. The fourth-order valence-corrected chi connectivity index (χ4v) is 1.96. The minimum Gasteiger partial charge on any atom is -0.271 e. The van der Waals surface area contributed by atoms with E-state index < -0.39 is 0 Å². The van der Waals surface area contributed by atoms with Crippen LogP contribution in [-0.2, 0) is 19.6 Å². The Bertz CT molecular complexity index is 635. The summed E-state index contributed by atoms with van der Waals surface area (Å²) < 4.78 is 5.60. The highest BCUT2D eigenvalue weighted by Crippen LogP contribution is 2.15. The maximum Gasteiger partial charge on any atom is 0.131 e. The Hall–Kier alpha value is -2.44. The molecule has 0 atom stereocenters. The lowest BCUT2D eigenvalue weighted by molar-refractivity contribution is 0.490. The molecule has 7 heteroatoms. The lowest BCUT2D eigenvalue weighted by Crippen LogP contribution is -2.08. The van der Waals surface area contributed by atoms with Gasteiger partial charge in [-0.25, -0.2) is 4.68 Å². The molecule has 0 amide bonds. The first kappa shape index (κ1) is 11.6. The topological polar surface area (TPSA) is 66.3 Å². The zero-order valence-electron chi connectivity index (χ0n) is 10.7. The number of aryl methyl sites for hydroxylation is 3. The van der Waals surface area contributed by atoms with Crippen LogP contribution in [0.3, 0.4) is 0 Å². The van der Waals surface area contributed by atoms with Gasteiger partial charge in [-0.2, -0.15) is 10.2 Å². The average Bonchev–Trinajstić information content (AvgIpc) is 3.16. The number of aromatic nitrogens is 7. The fourth-order valence-electron chi connectivity index (χ4n) is 1.96. The summed E-state index contributed by atoms with van der Waals surface area (Å²) in [4.78, 5) is 0. The van der Waals surface area contributed by atoms with Crippen LogP contribution in [0.4, 0.5) is 0 Å². The predicted octanol–water partition coefficient (Wildman–Crippen LogP) is 1.06. The van der Waals surface area contributed by atoms with Crippen LogP contribution in [0.5, 0.6) is 0 Å². The van der Waals surface area contributed by atoms with Gasteiger partial charge in [0.05, 0.1) is 25.0 Å². The van der Waals surface area contributed by atoms with Crippen LogP contribution in [-0.4, -0.2) is 34.6 Å². The molecular weight excluding hydrogens is 242 g/mol. The third-order valence-electron chi connectivity index (χ3n) is 2.93. The van der Waals surface area contributed by atoms with Gasteiger partial charge in [-0.3, -0.25) is 9.36 Å². The van der Waals surface area contributed by atoms with Gasteiger partial charge in [-0.05, 0) is 19.1 Å². The quantitative estimate of drug-likeness (QED) is 0.685. The van der Waals surface area contributed by atoms with Gasteiger partial charge in [0.1, 0.15) is 5.69 Å². The van der Waals surface area contributed by atoms with E-state index >= 15 is 0 Å². The van der Waals surface area contributed by atoms with Crippen molar-refractivity contribution >= 4 is 0 Å². The summed E-state index contributed by atoms with van der Waals surface area (Å²) in [6.45, 7) is 4.40. The fraction of sp³-hybridized carbons (Fsp3) is 0.333. The maximum absolute atomic E-state index is 4.23. The van der Waals surface area contributed by atoms with E-state index in [2.05, 4.69) is 27.4 Å². The van der Waals surface area contributed by atoms with Crippen molar-refractivity contribution in [2.24, 2.45) is 0 Å². The zero-order chi connectivity index (χ0) is 13.1. The molecule has 7 nitrogen and oxygen atoms in total. The lowest BCUT2D eigenvalue weighted by Gasteiger charge is -2.01. The number of hydrogen-bond acceptors (Lipinski definition) is 4. The molecule has 0 unspecified atom stereocenters. The van der Waals surface area contributed by atoms with Gasteiger partial charge in [-0.1, -0.05) is 5.21 Å². The Morgan fingerprint density at radius 3 is 2.79 bits per heavy atom. The Balaban J connectivity index is 1.72. The van der Waals surface area contributed by atoms with Gasteiger partial charge in [0.25, 0.3) is 0 Å². The van der Waals surface area contributed by atoms with Crippen LogP contribution in [0.15, 0.2) is 36.9 Å². The molecule has 0 fully saturated rings. The molecule has 3 heterocycles. The molecule has 0 aliphatic carbocycles. The average molecular weight is 257 g/mol. The Labute approximate surface area is 110 Å². The molecule has 0 N–H and O–H groups in total. The molecule has 3 rings (SSSR count). The Kier molecular flexibility index (Phi) is 3.09. The second-order valence-electron chi connectivity index (χ2n) is 4.17. The van der Waals surface area contributed by atoms with Crippen molar-refractivity contribution < 1.29 is 0 Å². The molecule has 0 saturated heterocycles. The first-order valence-corrected chi connectivity index (χ1v) is 6.26. The van der Waals surface area contributed by atoms with Crippen LogP contribution in [0.2, 0.25) is 0 Å². The number of nitrogens with zero attached hydrogens (tertiary/aromatic N) is 7. The normalized spacial score (nSPS) is 11.0. The largest absolute Gasteiger partial charge is 0.271 e. The highest BCUT2D eigenvalue weighted by atomic mass is 15.4. The molecule has 0 radical (unpaired) electrons. The van der Waals surface area contributed by atoms with Gasteiger partial charge in [0.15, 0.2) is 0 Å². The molecule has 98 valence electrons. The molecule has 19 heavy (non-hydrogen) atoms. The van der Waals surface area contributed by atoms with Crippen LogP contribution in [0, 0.1) is 0 Å². The van der Waals surface area contributed by atoms with E-state index in [-0.39, 0.29) is 0 Å². The van der Waals surface area contributed by atoms with Crippen molar-refractivity contribution in [2.75, 3.05) is 0 Å². The van der Waals surface area contributed by atoms with Crippen molar-refractivity contribution in [1.29, 1.82) is 0 Å². The van der Waals surface area contributed by atoms with Crippen LogP contribution >= 0.6 is 0 Å². The van der Waals surface area contributed by atoms with Crippen molar-refractivity contribution in [2.45, 2.75) is 26.6 Å². The molecule has 3 aromatic heterocycles. The number of rotatable bonds is 5. The van der Waals surface area contributed by atoms with E-state index in [1.807, 2.05) is 38.6 Å². The molecule has 0 aliphatic rings. The second kappa shape index (κ2) is 5.05. The van der Waals surface area contributed by atoms with Crippen LogP contribution in [0.1, 0.15) is 6.92 Å². The highest BCUT2D eigenvalue weighted by Gasteiger charge is 2.08. The van der Waals surface area contributed by atoms with E-state index in [9.17, 15) is 0 Å². The molecule has 0 bridgehead atoms. The molecule has 0 aliphatic heterocycles. The first-order valence-electron chi connectivity index (χ1n) is 6.26. The molecule has 0 saturated carbocycles. The van der Waals surface area contributed by atoms with Gasteiger partial charge < -0.3 is 0 Å². The van der Waals surface area contributed by atoms with Gasteiger partial charge >= 0.3 is 0 Å². The summed E-state index contributed by atoms with van der Waals surface area (Å²) in [6.07, 6.45) is 7.42. The molecule has 0 aromatic carbocycles. The molecular formula is C12H15N7. The predicted molar refractivity (Wildman–Crippen MR) is 69.1 cm³/mol. The summed E-state index contributed by atoms with van der Waals surface area (Å²) in [5, 5.41) is 16.7. The van der Waals surface area contributed by atoms with Crippen molar-refractivity contribution in [3.05, 3.63) is 36.9 Å². The standard InChI is InChI=1S/C12H15N7/c1-2-19-12(4-6-14-19)11-10-18(16-15-11)9-8-17-7-3-5-13-17/h3-7,10H,2,8-9H2,1H3. The van der Waals surface area contributed by atoms with Gasteiger partial charge in [0, 0.05) is 25.1 Å². The summed E-state index contributed by atoms with van der Waals surface area (Å²) in [5.41, 5.74) is 1.84. The van der Waals surface area contributed by atoms with E-state index in [4.69, 9.17) is 0 Å². The second-order valence-corrected chi connectivity index (χ2v) is 4.17. The van der Waals surface area contributed by atoms with E-state index in [1.54, 1.807) is 12.4 Å². The first-order chi connectivity index (χ1) is 9.36. The number of hydrogen-bond donors (Lipinski definition) is 0. The van der Waals surface area contributed by atoms with Crippen molar-refractivity contribution in [3.63, 3.8) is 0 Å². The molecule has 3 aromatic rings. The third kappa shape index (κ3) is 2.40. The Morgan fingerprint density at radius 1 is 1.11 bits per heavy atom. The minimum absolute atomic E-state index is 0.745. The van der Waals surface area contributed by atoms with Crippen LogP contribution < -0.4 is 0 Å². The van der Waals surface area contributed by atoms with Gasteiger partial charge in [0.2, 0.25) is 0 Å². The van der Waals surface area contributed by atoms with Gasteiger partial charge in [-0.15, -0.1) is 5.10 Å². The van der Waals surface area contributed by atoms with E-state index in [0.29, 0.717) is 0 Å².